The van der Waals surface area contributed by atoms with Crippen LogP contribution in [0, 0.1) is 11.8 Å². The summed E-state index contributed by atoms with van der Waals surface area (Å²) in [7, 11) is 0. The van der Waals surface area contributed by atoms with E-state index in [1.807, 2.05) is 30.5 Å². The van der Waals surface area contributed by atoms with Crippen molar-refractivity contribution < 1.29 is 4.74 Å². The molecule has 2 heteroatoms. The Morgan fingerprint density at radius 3 is 2.12 bits per heavy atom. The minimum absolute atomic E-state index is 0.588. The van der Waals surface area contributed by atoms with Crippen molar-refractivity contribution in [3.05, 3.63) is 59.7 Å². The van der Waals surface area contributed by atoms with Crippen molar-refractivity contribution in [3.8, 4) is 5.75 Å². The molecular formula is C23H31NO. The van der Waals surface area contributed by atoms with Gasteiger partial charge in [-0.05, 0) is 65.8 Å². The van der Waals surface area contributed by atoms with Gasteiger partial charge in [0.15, 0.2) is 0 Å². The summed E-state index contributed by atoms with van der Waals surface area (Å²) in [4.78, 5) is 4.57. The average molecular weight is 338 g/mol. The molecule has 0 aliphatic carbocycles. The van der Waals surface area contributed by atoms with E-state index in [0.29, 0.717) is 5.92 Å². The van der Waals surface area contributed by atoms with Gasteiger partial charge in [-0.3, -0.25) is 4.99 Å². The third-order valence-electron chi connectivity index (χ3n) is 4.69. The highest BCUT2D eigenvalue weighted by atomic mass is 16.5. The first-order chi connectivity index (χ1) is 12.1. The van der Waals surface area contributed by atoms with Crippen molar-refractivity contribution in [1.29, 1.82) is 0 Å². The summed E-state index contributed by atoms with van der Waals surface area (Å²) in [5.74, 6) is 2.24. The first-order valence-corrected chi connectivity index (χ1v) is 9.46. The van der Waals surface area contributed by atoms with Crippen LogP contribution in [0.4, 0.5) is 5.69 Å². The molecule has 0 aliphatic rings. The van der Waals surface area contributed by atoms with Crippen molar-refractivity contribution in [2.24, 2.45) is 16.8 Å². The molecule has 0 bridgehead atoms. The van der Waals surface area contributed by atoms with Crippen molar-refractivity contribution in [3.63, 3.8) is 0 Å². The predicted molar refractivity (Wildman–Crippen MR) is 108 cm³/mol. The normalized spacial score (nSPS) is 13.8. The van der Waals surface area contributed by atoms with Gasteiger partial charge in [0.2, 0.25) is 0 Å². The molecule has 0 heterocycles. The van der Waals surface area contributed by atoms with Crippen molar-refractivity contribution >= 4 is 11.9 Å². The van der Waals surface area contributed by atoms with Gasteiger partial charge in [0, 0.05) is 6.21 Å². The molecule has 0 saturated carbocycles. The molecule has 0 amide bonds. The first-order valence-electron chi connectivity index (χ1n) is 9.46. The highest BCUT2D eigenvalue weighted by Crippen LogP contribution is 2.18. The standard InChI is InChI=1S/C23H31NO/c1-5-18(3)15-20-7-11-22(12-8-20)24-16-21-9-13-23(14-10-21)25-17-19(4)6-2/h7-14,16,18-19H,5-6,15,17H2,1-4H3. The SMILES string of the molecule is CCC(C)COc1ccc(C=Nc2ccc(CC(C)CC)cc2)cc1. The Balaban J connectivity index is 1.90. The van der Waals surface area contributed by atoms with E-state index in [1.54, 1.807) is 0 Å². The molecule has 0 spiro atoms. The Morgan fingerprint density at radius 2 is 1.52 bits per heavy atom. The average Bonchev–Trinajstić information content (AvgIpc) is 2.66. The highest BCUT2D eigenvalue weighted by molar-refractivity contribution is 5.82. The van der Waals surface area contributed by atoms with Gasteiger partial charge in [0.05, 0.1) is 12.3 Å². The second-order valence-electron chi connectivity index (χ2n) is 7.04. The molecule has 0 fully saturated rings. The van der Waals surface area contributed by atoms with E-state index in [9.17, 15) is 0 Å². The molecule has 0 aromatic heterocycles. The molecule has 2 atom stereocenters. The monoisotopic (exact) mass is 337 g/mol. The minimum atomic E-state index is 0.588. The first kappa shape index (κ1) is 19.2. The van der Waals surface area contributed by atoms with Gasteiger partial charge in [-0.25, -0.2) is 0 Å². The van der Waals surface area contributed by atoms with Gasteiger partial charge in [0.25, 0.3) is 0 Å². The van der Waals surface area contributed by atoms with E-state index < -0.39 is 0 Å². The van der Waals surface area contributed by atoms with Gasteiger partial charge < -0.3 is 4.74 Å². The summed E-state index contributed by atoms with van der Waals surface area (Å²) in [5, 5.41) is 0. The maximum atomic E-state index is 5.79. The zero-order chi connectivity index (χ0) is 18.1. The Kier molecular flexibility index (Phi) is 7.72. The largest absolute Gasteiger partial charge is 0.493 e. The molecule has 0 aliphatic heterocycles. The molecule has 2 rings (SSSR count). The van der Waals surface area contributed by atoms with E-state index in [-0.39, 0.29) is 0 Å². The zero-order valence-electron chi connectivity index (χ0n) is 16.0. The fourth-order valence-electron chi connectivity index (χ4n) is 2.42. The number of rotatable bonds is 9. The van der Waals surface area contributed by atoms with Crippen molar-refractivity contribution in [1.82, 2.24) is 0 Å². The van der Waals surface area contributed by atoms with E-state index >= 15 is 0 Å². The predicted octanol–water partition coefficient (Wildman–Crippen LogP) is 6.45. The van der Waals surface area contributed by atoms with Crippen LogP contribution in [0.3, 0.4) is 0 Å². The molecule has 2 aromatic rings. The molecule has 134 valence electrons. The number of benzene rings is 2. The Bertz CT molecular complexity index is 643. The maximum Gasteiger partial charge on any atom is 0.119 e. The zero-order valence-corrected chi connectivity index (χ0v) is 16.0. The van der Waals surface area contributed by atoms with Crippen molar-refractivity contribution in [2.75, 3.05) is 6.61 Å². The lowest BCUT2D eigenvalue weighted by Crippen LogP contribution is -2.07. The van der Waals surface area contributed by atoms with Crippen LogP contribution in [0.2, 0.25) is 0 Å². The smallest absolute Gasteiger partial charge is 0.119 e. The van der Waals surface area contributed by atoms with Gasteiger partial charge >= 0.3 is 0 Å². The highest BCUT2D eigenvalue weighted by Gasteiger charge is 2.01. The second kappa shape index (κ2) is 10.0. The van der Waals surface area contributed by atoms with Gasteiger partial charge in [-0.15, -0.1) is 0 Å². The van der Waals surface area contributed by atoms with Crippen molar-refractivity contribution in [2.45, 2.75) is 47.0 Å². The molecule has 2 aromatic carbocycles. The Hall–Kier alpha value is -2.09. The summed E-state index contributed by atoms with van der Waals surface area (Å²) >= 11 is 0. The number of aliphatic imine (C=N–C) groups is 1. The van der Waals surface area contributed by atoms with Gasteiger partial charge in [-0.1, -0.05) is 52.7 Å². The molecule has 0 N–H and O–H groups in total. The van der Waals surface area contributed by atoms with Gasteiger partial charge in [-0.2, -0.15) is 0 Å². The third-order valence-corrected chi connectivity index (χ3v) is 4.69. The fourth-order valence-corrected chi connectivity index (χ4v) is 2.42. The summed E-state index contributed by atoms with van der Waals surface area (Å²) in [6.45, 7) is 9.69. The van der Waals surface area contributed by atoms with Crippen LogP contribution in [-0.4, -0.2) is 12.8 Å². The van der Waals surface area contributed by atoms with E-state index in [0.717, 1.165) is 42.4 Å². The summed E-state index contributed by atoms with van der Waals surface area (Å²) in [6.07, 6.45) is 5.40. The minimum Gasteiger partial charge on any atom is -0.493 e. The second-order valence-corrected chi connectivity index (χ2v) is 7.04. The third kappa shape index (κ3) is 6.74. The molecule has 25 heavy (non-hydrogen) atoms. The van der Waals surface area contributed by atoms with Crippen LogP contribution in [0.5, 0.6) is 5.75 Å². The fraction of sp³-hybridized carbons (Fsp3) is 0.435. The lowest BCUT2D eigenvalue weighted by atomic mass is 9.99. The van der Waals surface area contributed by atoms with Crippen LogP contribution < -0.4 is 4.74 Å². The Morgan fingerprint density at radius 1 is 0.880 bits per heavy atom. The van der Waals surface area contributed by atoms with E-state index in [1.165, 1.54) is 12.0 Å². The van der Waals surface area contributed by atoms with Crippen LogP contribution in [0.25, 0.3) is 0 Å². The summed E-state index contributed by atoms with van der Waals surface area (Å²) < 4.78 is 5.79. The molecule has 2 unspecified atom stereocenters. The number of nitrogens with zero attached hydrogens (tertiary/aromatic N) is 1. The van der Waals surface area contributed by atoms with Crippen LogP contribution in [0.1, 0.15) is 51.7 Å². The van der Waals surface area contributed by atoms with E-state index in [4.69, 9.17) is 4.74 Å². The Labute approximate surface area is 153 Å². The molecule has 0 saturated heterocycles. The van der Waals surface area contributed by atoms with E-state index in [2.05, 4.69) is 57.0 Å². The summed E-state index contributed by atoms with van der Waals surface area (Å²) in [6, 6.07) is 16.7. The lowest BCUT2D eigenvalue weighted by molar-refractivity contribution is 0.256. The van der Waals surface area contributed by atoms with Crippen LogP contribution >= 0.6 is 0 Å². The number of hydrogen-bond donors (Lipinski definition) is 0. The molecule has 0 radical (unpaired) electrons. The quantitative estimate of drug-likeness (QED) is 0.482. The number of hydrogen-bond acceptors (Lipinski definition) is 2. The molecule has 2 nitrogen and oxygen atoms in total. The number of ether oxygens (including phenoxy) is 1. The van der Waals surface area contributed by atoms with Gasteiger partial charge in [0.1, 0.15) is 5.75 Å². The topological polar surface area (TPSA) is 21.6 Å². The molecular weight excluding hydrogens is 306 g/mol. The van der Waals surface area contributed by atoms with Crippen LogP contribution in [-0.2, 0) is 6.42 Å². The lowest BCUT2D eigenvalue weighted by Gasteiger charge is -2.10. The summed E-state index contributed by atoms with van der Waals surface area (Å²) in [5.41, 5.74) is 3.46. The van der Waals surface area contributed by atoms with Crippen LogP contribution in [0.15, 0.2) is 53.5 Å². The maximum absolute atomic E-state index is 5.79.